The maximum absolute atomic E-state index is 10.7. The molecule has 2 aromatic rings. The fraction of sp³-hybridized carbons (Fsp3) is 0.286. The second kappa shape index (κ2) is 5.24. The average Bonchev–Trinajstić information content (AvgIpc) is 2.93. The van der Waals surface area contributed by atoms with Gasteiger partial charge in [-0.1, -0.05) is 5.16 Å². The average molecular weight is 275 g/mol. The first-order valence-corrected chi connectivity index (χ1v) is 6.21. The van der Waals surface area contributed by atoms with Gasteiger partial charge in [-0.2, -0.15) is 0 Å². The molecule has 1 aromatic heterocycles. The van der Waals surface area contributed by atoms with Gasteiger partial charge in [0.1, 0.15) is 25.5 Å². The van der Waals surface area contributed by atoms with E-state index in [1.807, 2.05) is 18.2 Å². The molecule has 3 rings (SSSR count). The third-order valence-electron chi connectivity index (χ3n) is 2.81. The molecule has 1 aromatic carbocycles. The first-order chi connectivity index (χ1) is 9.72. The van der Waals surface area contributed by atoms with Gasteiger partial charge >= 0.3 is 5.97 Å². The third-order valence-corrected chi connectivity index (χ3v) is 2.81. The number of benzene rings is 1. The van der Waals surface area contributed by atoms with Crippen LogP contribution in [0.2, 0.25) is 0 Å². The van der Waals surface area contributed by atoms with Crippen LogP contribution in [-0.2, 0) is 16.1 Å². The minimum absolute atomic E-state index is 0.101. The maximum Gasteiger partial charge on any atom is 0.303 e. The highest BCUT2D eigenvalue weighted by atomic mass is 16.6. The van der Waals surface area contributed by atoms with Crippen LogP contribution in [-0.4, -0.2) is 24.3 Å². The van der Waals surface area contributed by atoms with E-state index in [2.05, 4.69) is 5.16 Å². The molecule has 0 unspecified atom stereocenters. The fourth-order valence-corrected chi connectivity index (χ4v) is 1.89. The van der Waals surface area contributed by atoms with Crippen LogP contribution in [0.5, 0.6) is 11.5 Å². The van der Waals surface area contributed by atoms with Gasteiger partial charge in [0.05, 0.1) is 0 Å². The molecule has 0 spiro atoms. The number of hydrogen-bond acceptors (Lipinski definition) is 6. The molecule has 0 aliphatic carbocycles. The van der Waals surface area contributed by atoms with Crippen LogP contribution < -0.4 is 9.47 Å². The Balaban J connectivity index is 1.80. The van der Waals surface area contributed by atoms with Gasteiger partial charge < -0.3 is 18.7 Å². The molecule has 0 saturated heterocycles. The molecule has 0 bridgehead atoms. The summed E-state index contributed by atoms with van der Waals surface area (Å²) in [5, 5.41) is 3.85. The van der Waals surface area contributed by atoms with E-state index in [1.165, 1.54) is 6.92 Å². The number of fused-ring (bicyclic) bond motifs is 1. The Kier molecular flexibility index (Phi) is 3.28. The second-order valence-corrected chi connectivity index (χ2v) is 4.32. The number of rotatable bonds is 3. The Morgan fingerprint density at radius 3 is 2.85 bits per heavy atom. The first-order valence-electron chi connectivity index (χ1n) is 6.21. The molecule has 0 saturated carbocycles. The minimum Gasteiger partial charge on any atom is -0.486 e. The summed E-state index contributed by atoms with van der Waals surface area (Å²) in [4.78, 5) is 10.7. The number of nitrogens with zero attached hydrogens (tertiary/aromatic N) is 1. The molecule has 0 N–H and O–H groups in total. The van der Waals surface area contributed by atoms with Crippen molar-refractivity contribution in [3.63, 3.8) is 0 Å². The quantitative estimate of drug-likeness (QED) is 0.799. The van der Waals surface area contributed by atoms with Crippen molar-refractivity contribution < 1.29 is 23.5 Å². The monoisotopic (exact) mass is 275 g/mol. The number of esters is 1. The van der Waals surface area contributed by atoms with Gasteiger partial charge in [-0.3, -0.25) is 4.79 Å². The first kappa shape index (κ1) is 12.5. The smallest absolute Gasteiger partial charge is 0.303 e. The zero-order chi connectivity index (χ0) is 13.9. The standard InChI is InChI=1S/C14H13NO5/c1-9(16)19-8-11-7-13(20-15-11)10-2-3-12-14(6-10)18-5-4-17-12/h2-3,6-7H,4-5,8H2,1H3. The molecule has 0 radical (unpaired) electrons. The Labute approximate surface area is 115 Å². The van der Waals surface area contributed by atoms with Crippen molar-refractivity contribution in [2.75, 3.05) is 13.2 Å². The summed E-state index contributed by atoms with van der Waals surface area (Å²) in [5.41, 5.74) is 1.39. The molecule has 0 amide bonds. The molecule has 0 fully saturated rings. The summed E-state index contributed by atoms with van der Waals surface area (Å²) in [6, 6.07) is 7.26. The van der Waals surface area contributed by atoms with E-state index in [0.717, 1.165) is 11.3 Å². The Morgan fingerprint density at radius 1 is 1.25 bits per heavy atom. The van der Waals surface area contributed by atoms with Crippen molar-refractivity contribution in [2.24, 2.45) is 0 Å². The second-order valence-electron chi connectivity index (χ2n) is 4.32. The molecular formula is C14H13NO5. The summed E-state index contributed by atoms with van der Waals surface area (Å²) in [6.07, 6.45) is 0. The van der Waals surface area contributed by atoms with Crippen LogP contribution in [0.3, 0.4) is 0 Å². The van der Waals surface area contributed by atoms with E-state index in [1.54, 1.807) is 6.07 Å². The number of carbonyl (C=O) groups excluding carboxylic acids is 1. The van der Waals surface area contributed by atoms with Crippen molar-refractivity contribution >= 4 is 5.97 Å². The number of ether oxygens (including phenoxy) is 3. The lowest BCUT2D eigenvalue weighted by atomic mass is 10.1. The Bertz CT molecular complexity index is 634. The van der Waals surface area contributed by atoms with Gasteiger partial charge in [0.2, 0.25) is 0 Å². The molecular weight excluding hydrogens is 262 g/mol. The number of carbonyl (C=O) groups is 1. The predicted molar refractivity (Wildman–Crippen MR) is 68.4 cm³/mol. The van der Waals surface area contributed by atoms with Crippen molar-refractivity contribution in [3.05, 3.63) is 30.0 Å². The SMILES string of the molecule is CC(=O)OCc1cc(-c2ccc3c(c2)OCCO3)on1. The highest BCUT2D eigenvalue weighted by Gasteiger charge is 2.14. The topological polar surface area (TPSA) is 70.8 Å². The lowest BCUT2D eigenvalue weighted by Crippen LogP contribution is -2.15. The van der Waals surface area contributed by atoms with Crippen LogP contribution in [0, 0.1) is 0 Å². The van der Waals surface area contributed by atoms with Crippen molar-refractivity contribution in [1.82, 2.24) is 5.16 Å². The summed E-state index contributed by atoms with van der Waals surface area (Å²) in [5.74, 6) is 1.64. The van der Waals surface area contributed by atoms with Crippen LogP contribution in [0.25, 0.3) is 11.3 Å². The molecule has 6 heteroatoms. The van der Waals surface area contributed by atoms with Crippen molar-refractivity contribution in [1.29, 1.82) is 0 Å². The van der Waals surface area contributed by atoms with E-state index in [9.17, 15) is 4.79 Å². The highest BCUT2D eigenvalue weighted by molar-refractivity contribution is 5.66. The van der Waals surface area contributed by atoms with Crippen molar-refractivity contribution in [2.45, 2.75) is 13.5 Å². The van der Waals surface area contributed by atoms with Crippen molar-refractivity contribution in [3.8, 4) is 22.8 Å². The number of hydrogen-bond donors (Lipinski definition) is 0. The maximum atomic E-state index is 10.7. The van der Waals surface area contributed by atoms with E-state index in [0.29, 0.717) is 30.4 Å². The van der Waals surface area contributed by atoms with Crippen LogP contribution in [0.15, 0.2) is 28.8 Å². The van der Waals surface area contributed by atoms with E-state index < -0.39 is 0 Å². The van der Waals surface area contributed by atoms with Crippen LogP contribution >= 0.6 is 0 Å². The van der Waals surface area contributed by atoms with Crippen LogP contribution in [0.1, 0.15) is 12.6 Å². The fourth-order valence-electron chi connectivity index (χ4n) is 1.89. The normalized spacial score (nSPS) is 13.1. The summed E-state index contributed by atoms with van der Waals surface area (Å²) < 4.78 is 21.1. The highest BCUT2D eigenvalue weighted by Crippen LogP contribution is 2.34. The third kappa shape index (κ3) is 2.59. The van der Waals surface area contributed by atoms with E-state index in [-0.39, 0.29) is 12.6 Å². The zero-order valence-electron chi connectivity index (χ0n) is 10.9. The molecule has 1 aliphatic heterocycles. The van der Waals surface area contributed by atoms with Gasteiger partial charge in [0, 0.05) is 18.6 Å². The summed E-state index contributed by atoms with van der Waals surface area (Å²) in [6.45, 7) is 2.54. The number of aromatic nitrogens is 1. The zero-order valence-corrected chi connectivity index (χ0v) is 10.9. The molecule has 104 valence electrons. The van der Waals surface area contributed by atoms with Gasteiger partial charge in [-0.05, 0) is 18.2 Å². The predicted octanol–water partition coefficient (Wildman–Crippen LogP) is 2.18. The summed E-state index contributed by atoms with van der Waals surface area (Å²) in [7, 11) is 0. The van der Waals surface area contributed by atoms with E-state index >= 15 is 0 Å². The molecule has 20 heavy (non-hydrogen) atoms. The largest absolute Gasteiger partial charge is 0.486 e. The van der Waals surface area contributed by atoms with Crippen LogP contribution in [0.4, 0.5) is 0 Å². The molecule has 6 nitrogen and oxygen atoms in total. The van der Waals surface area contributed by atoms with Gasteiger partial charge in [-0.15, -0.1) is 0 Å². The van der Waals surface area contributed by atoms with Gasteiger partial charge in [-0.25, -0.2) is 0 Å². The minimum atomic E-state index is -0.353. The molecule has 0 atom stereocenters. The molecule has 2 heterocycles. The molecule has 1 aliphatic rings. The summed E-state index contributed by atoms with van der Waals surface area (Å²) >= 11 is 0. The van der Waals surface area contributed by atoms with E-state index in [4.69, 9.17) is 18.7 Å². The Morgan fingerprint density at radius 2 is 2.05 bits per heavy atom. The lowest BCUT2D eigenvalue weighted by molar-refractivity contribution is -0.142. The van der Waals surface area contributed by atoms with Gasteiger partial charge in [0.25, 0.3) is 0 Å². The van der Waals surface area contributed by atoms with Gasteiger partial charge in [0.15, 0.2) is 17.3 Å². The lowest BCUT2D eigenvalue weighted by Gasteiger charge is -2.18. The Hall–Kier alpha value is -2.50.